The van der Waals surface area contributed by atoms with Crippen molar-refractivity contribution in [1.82, 2.24) is 0 Å². The molecule has 1 aliphatic rings. The van der Waals surface area contributed by atoms with E-state index >= 15 is 0 Å². The fourth-order valence-corrected chi connectivity index (χ4v) is 3.18. The van der Waals surface area contributed by atoms with E-state index in [1.165, 1.54) is 43.4 Å². The molecule has 1 heterocycles. The number of nitrogens with one attached hydrogen (secondary N) is 1. The van der Waals surface area contributed by atoms with E-state index < -0.39 is 5.92 Å². The van der Waals surface area contributed by atoms with Gasteiger partial charge in [-0.15, -0.1) is 0 Å². The van der Waals surface area contributed by atoms with Crippen LogP contribution in [0.5, 0.6) is 11.5 Å². The number of hydrogen-bond donors (Lipinski definition) is 1. The van der Waals surface area contributed by atoms with Crippen molar-refractivity contribution in [1.29, 1.82) is 0 Å². The molecule has 6 nitrogen and oxygen atoms in total. The maximum absolute atomic E-state index is 13.1. The molecule has 2 aromatic carbocycles. The zero-order chi connectivity index (χ0) is 19.6. The van der Waals surface area contributed by atoms with Crippen molar-refractivity contribution in [3.63, 3.8) is 0 Å². The fourth-order valence-electron chi connectivity index (χ4n) is 2.95. The summed E-state index contributed by atoms with van der Waals surface area (Å²) in [5.41, 5.74) is 0.957. The molecule has 2 amide bonds. The topological polar surface area (TPSA) is 67.9 Å². The molecular weight excluding hydrogens is 375 g/mol. The Hall–Kier alpha value is -2.80. The van der Waals surface area contributed by atoms with Crippen LogP contribution in [-0.4, -0.2) is 32.6 Å². The number of benzene rings is 2. The van der Waals surface area contributed by atoms with E-state index in [-0.39, 0.29) is 30.6 Å². The van der Waals surface area contributed by atoms with Gasteiger partial charge in [0.1, 0.15) is 17.3 Å². The fraction of sp³-hybridized carbons (Fsp3) is 0.263. The first kappa shape index (κ1) is 19.0. The van der Waals surface area contributed by atoms with Crippen LogP contribution in [0.3, 0.4) is 0 Å². The SMILES string of the molecule is COc1cc(NC(=O)C2CC(=O)N(c3ccc(F)cc3)C2)c(OC)cc1Cl. The van der Waals surface area contributed by atoms with Crippen LogP contribution in [-0.2, 0) is 9.59 Å². The summed E-state index contributed by atoms with van der Waals surface area (Å²) in [5.74, 6) is -0.674. The molecule has 1 saturated heterocycles. The highest BCUT2D eigenvalue weighted by molar-refractivity contribution is 6.32. The molecule has 1 N–H and O–H groups in total. The van der Waals surface area contributed by atoms with Gasteiger partial charge in [-0.3, -0.25) is 9.59 Å². The second-order valence-electron chi connectivity index (χ2n) is 6.06. The zero-order valence-corrected chi connectivity index (χ0v) is 15.5. The Morgan fingerprint density at radius 3 is 2.48 bits per heavy atom. The third-order valence-electron chi connectivity index (χ3n) is 4.37. The molecule has 3 rings (SSSR count). The monoisotopic (exact) mass is 392 g/mol. The first-order valence-corrected chi connectivity index (χ1v) is 8.59. The molecule has 0 spiro atoms. The summed E-state index contributed by atoms with van der Waals surface area (Å²) in [6, 6.07) is 8.69. The van der Waals surface area contributed by atoms with E-state index in [9.17, 15) is 14.0 Å². The summed E-state index contributed by atoms with van der Waals surface area (Å²) in [7, 11) is 2.93. The molecule has 1 fully saturated rings. The highest BCUT2D eigenvalue weighted by Gasteiger charge is 2.35. The van der Waals surface area contributed by atoms with Gasteiger partial charge in [0.05, 0.1) is 30.8 Å². The third kappa shape index (κ3) is 3.98. The van der Waals surface area contributed by atoms with E-state index in [1.54, 1.807) is 12.1 Å². The maximum Gasteiger partial charge on any atom is 0.229 e. The van der Waals surface area contributed by atoms with E-state index in [2.05, 4.69) is 5.32 Å². The lowest BCUT2D eigenvalue weighted by Gasteiger charge is -2.17. The number of carbonyl (C=O) groups excluding carboxylic acids is 2. The molecule has 2 aromatic rings. The molecule has 1 aliphatic heterocycles. The number of methoxy groups -OCH3 is 2. The Kier molecular flexibility index (Phi) is 5.51. The van der Waals surface area contributed by atoms with Crippen molar-refractivity contribution in [2.75, 3.05) is 31.0 Å². The number of ether oxygens (including phenoxy) is 2. The molecule has 0 aromatic heterocycles. The molecular formula is C19H18ClFN2O4. The predicted molar refractivity (Wildman–Crippen MR) is 100 cm³/mol. The van der Waals surface area contributed by atoms with Gasteiger partial charge < -0.3 is 19.7 Å². The lowest BCUT2D eigenvalue weighted by atomic mass is 10.1. The predicted octanol–water partition coefficient (Wildman–Crippen LogP) is 3.49. The van der Waals surface area contributed by atoms with Crippen LogP contribution < -0.4 is 19.7 Å². The molecule has 1 atom stereocenters. The van der Waals surface area contributed by atoms with Crippen LogP contribution in [0.4, 0.5) is 15.8 Å². The summed E-state index contributed by atoms with van der Waals surface area (Å²) in [4.78, 5) is 26.4. The Morgan fingerprint density at radius 2 is 1.85 bits per heavy atom. The average molecular weight is 393 g/mol. The van der Waals surface area contributed by atoms with Crippen LogP contribution >= 0.6 is 11.6 Å². The van der Waals surface area contributed by atoms with Gasteiger partial charge in [0.25, 0.3) is 0 Å². The Balaban J connectivity index is 1.76. The van der Waals surface area contributed by atoms with Crippen molar-refractivity contribution in [2.45, 2.75) is 6.42 Å². The van der Waals surface area contributed by atoms with Crippen molar-refractivity contribution in [3.8, 4) is 11.5 Å². The van der Waals surface area contributed by atoms with Crippen LogP contribution in [0.2, 0.25) is 5.02 Å². The molecule has 27 heavy (non-hydrogen) atoms. The largest absolute Gasteiger partial charge is 0.495 e. The minimum absolute atomic E-state index is 0.0657. The molecule has 0 radical (unpaired) electrons. The minimum atomic E-state index is -0.547. The number of halogens is 2. The summed E-state index contributed by atoms with van der Waals surface area (Å²) in [6.07, 6.45) is 0.0657. The number of nitrogens with zero attached hydrogens (tertiary/aromatic N) is 1. The minimum Gasteiger partial charge on any atom is -0.495 e. The Morgan fingerprint density at radius 1 is 1.19 bits per heavy atom. The standard InChI is InChI=1S/C19H18ClFN2O4/c1-26-16-9-15(17(27-2)8-14(16)20)22-19(25)11-7-18(24)23(10-11)13-5-3-12(21)4-6-13/h3-6,8-9,11H,7,10H2,1-2H3,(H,22,25). The van der Waals surface area contributed by atoms with Crippen molar-refractivity contribution in [3.05, 3.63) is 47.2 Å². The highest BCUT2D eigenvalue weighted by atomic mass is 35.5. The number of rotatable bonds is 5. The third-order valence-corrected chi connectivity index (χ3v) is 4.66. The van der Waals surface area contributed by atoms with Gasteiger partial charge in [-0.25, -0.2) is 4.39 Å². The van der Waals surface area contributed by atoms with Gasteiger partial charge >= 0.3 is 0 Å². The normalized spacial score (nSPS) is 16.4. The molecule has 142 valence electrons. The van der Waals surface area contributed by atoms with Gasteiger partial charge in [-0.05, 0) is 24.3 Å². The van der Waals surface area contributed by atoms with Gasteiger partial charge in [0, 0.05) is 30.8 Å². The average Bonchev–Trinajstić information content (AvgIpc) is 3.05. The van der Waals surface area contributed by atoms with Crippen molar-refractivity contribution >= 4 is 34.8 Å². The van der Waals surface area contributed by atoms with Gasteiger partial charge in [-0.1, -0.05) is 11.6 Å². The Bertz CT molecular complexity index is 873. The van der Waals surface area contributed by atoms with E-state index in [1.807, 2.05) is 0 Å². The summed E-state index contributed by atoms with van der Waals surface area (Å²) < 4.78 is 23.5. The van der Waals surface area contributed by atoms with E-state index in [0.717, 1.165) is 0 Å². The lowest BCUT2D eigenvalue weighted by molar-refractivity contribution is -0.122. The van der Waals surface area contributed by atoms with Crippen LogP contribution in [0.15, 0.2) is 36.4 Å². The summed E-state index contributed by atoms with van der Waals surface area (Å²) >= 11 is 6.07. The number of carbonyl (C=O) groups is 2. The van der Waals surface area contributed by atoms with Crippen LogP contribution in [0.25, 0.3) is 0 Å². The number of anilines is 2. The smallest absolute Gasteiger partial charge is 0.229 e. The van der Waals surface area contributed by atoms with Crippen molar-refractivity contribution in [2.24, 2.45) is 5.92 Å². The van der Waals surface area contributed by atoms with E-state index in [4.69, 9.17) is 21.1 Å². The van der Waals surface area contributed by atoms with Crippen LogP contribution in [0, 0.1) is 11.7 Å². The molecule has 1 unspecified atom stereocenters. The van der Waals surface area contributed by atoms with Gasteiger partial charge in [0.2, 0.25) is 11.8 Å². The summed E-state index contributed by atoms with van der Waals surface area (Å²) in [5, 5.41) is 3.12. The van der Waals surface area contributed by atoms with E-state index in [0.29, 0.717) is 27.9 Å². The van der Waals surface area contributed by atoms with Crippen LogP contribution in [0.1, 0.15) is 6.42 Å². The second kappa shape index (κ2) is 7.84. The van der Waals surface area contributed by atoms with Gasteiger partial charge in [-0.2, -0.15) is 0 Å². The lowest BCUT2D eigenvalue weighted by Crippen LogP contribution is -2.28. The number of hydrogen-bond acceptors (Lipinski definition) is 4. The van der Waals surface area contributed by atoms with Gasteiger partial charge in [0.15, 0.2) is 0 Å². The molecule has 8 heteroatoms. The zero-order valence-electron chi connectivity index (χ0n) is 14.8. The first-order valence-electron chi connectivity index (χ1n) is 8.21. The van der Waals surface area contributed by atoms with Crippen molar-refractivity contribution < 1.29 is 23.5 Å². The quantitative estimate of drug-likeness (QED) is 0.845. The second-order valence-corrected chi connectivity index (χ2v) is 6.47. The molecule has 0 bridgehead atoms. The highest BCUT2D eigenvalue weighted by Crippen LogP contribution is 2.36. The molecule has 0 saturated carbocycles. The summed E-state index contributed by atoms with van der Waals surface area (Å²) in [6.45, 7) is 0.212. The Labute approximate surface area is 160 Å². The molecule has 0 aliphatic carbocycles. The number of amides is 2. The maximum atomic E-state index is 13.1. The first-order chi connectivity index (χ1) is 12.9.